The van der Waals surface area contributed by atoms with E-state index in [0.29, 0.717) is 0 Å². The Morgan fingerprint density at radius 2 is 0.788 bits per heavy atom. The van der Waals surface area contributed by atoms with E-state index in [-0.39, 0.29) is 0 Å². The molecule has 0 saturated heterocycles. The second-order valence-electron chi connectivity index (χ2n) is 7.56. The van der Waals surface area contributed by atoms with Gasteiger partial charge in [-0.2, -0.15) is 0 Å². The van der Waals surface area contributed by atoms with Crippen molar-refractivity contribution in [3.63, 3.8) is 0 Å². The molecule has 0 spiro atoms. The highest BCUT2D eigenvalue weighted by molar-refractivity contribution is 9.10. The van der Waals surface area contributed by atoms with E-state index in [4.69, 9.17) is 0 Å². The smallest absolute Gasteiger partial charge is 0.0454 e. The van der Waals surface area contributed by atoms with Gasteiger partial charge in [0.25, 0.3) is 0 Å². The highest BCUT2D eigenvalue weighted by Gasteiger charge is 2.10. The van der Waals surface area contributed by atoms with Gasteiger partial charge in [-0.3, -0.25) is 0 Å². The first kappa shape index (κ1) is 22.1. The van der Waals surface area contributed by atoms with Gasteiger partial charge < -0.3 is 0 Å². The summed E-state index contributed by atoms with van der Waals surface area (Å²) in [5.74, 6) is 0. The van der Waals surface area contributed by atoms with Crippen molar-refractivity contribution in [1.82, 2.24) is 0 Å². The average molecular weight is 526 g/mol. The van der Waals surface area contributed by atoms with Crippen LogP contribution in [0.15, 0.2) is 151 Å². The molecule has 33 heavy (non-hydrogen) atoms. The van der Waals surface area contributed by atoms with Crippen molar-refractivity contribution in [2.75, 3.05) is 0 Å². The minimum atomic E-state index is 1.13. The Labute approximate surface area is 212 Å². The molecule has 0 unspecified atom stereocenters. The zero-order valence-electron chi connectivity index (χ0n) is 17.8. The lowest BCUT2D eigenvalue weighted by Gasteiger charge is -2.11. The van der Waals surface area contributed by atoms with Crippen LogP contribution in [0.25, 0.3) is 22.3 Å². The monoisotopic (exact) mass is 524 g/mol. The molecular weight excluding hydrogens is 504 g/mol. The van der Waals surface area contributed by atoms with E-state index in [2.05, 4.69) is 143 Å². The summed E-state index contributed by atoms with van der Waals surface area (Å²) in [5.41, 5.74) is 4.95. The molecule has 0 fully saturated rings. The largest absolute Gasteiger partial charge is 0.0889 e. The van der Waals surface area contributed by atoms with Crippen LogP contribution in [-0.2, 0) is 0 Å². The van der Waals surface area contributed by atoms with Gasteiger partial charge in [0, 0.05) is 24.1 Å². The first-order chi connectivity index (χ1) is 16.3. The summed E-state index contributed by atoms with van der Waals surface area (Å²) in [5, 5.41) is 0. The van der Waals surface area contributed by atoms with E-state index >= 15 is 0 Å². The summed E-state index contributed by atoms with van der Waals surface area (Å²) in [6.45, 7) is 0. The molecular formula is C30H21BrS2. The minimum Gasteiger partial charge on any atom is -0.0889 e. The predicted octanol–water partition coefficient (Wildman–Crippen LogP) is 10.1. The van der Waals surface area contributed by atoms with Crippen molar-refractivity contribution in [3.05, 3.63) is 132 Å². The van der Waals surface area contributed by atoms with Gasteiger partial charge in [0.1, 0.15) is 0 Å². The van der Waals surface area contributed by atoms with E-state index in [0.717, 1.165) is 4.47 Å². The predicted molar refractivity (Wildman–Crippen MR) is 146 cm³/mol. The molecule has 0 N–H and O–H groups in total. The van der Waals surface area contributed by atoms with Crippen molar-refractivity contribution in [3.8, 4) is 22.3 Å². The van der Waals surface area contributed by atoms with Gasteiger partial charge in [-0.25, -0.2) is 0 Å². The molecule has 0 aromatic heterocycles. The van der Waals surface area contributed by atoms with Gasteiger partial charge in [-0.1, -0.05) is 115 Å². The highest BCUT2D eigenvalue weighted by atomic mass is 79.9. The third kappa shape index (κ3) is 5.44. The quantitative estimate of drug-likeness (QED) is 0.216. The molecule has 5 rings (SSSR count). The fourth-order valence-electron chi connectivity index (χ4n) is 3.64. The van der Waals surface area contributed by atoms with Gasteiger partial charge in [-0.15, -0.1) is 0 Å². The maximum absolute atomic E-state index is 3.88. The van der Waals surface area contributed by atoms with Crippen LogP contribution < -0.4 is 0 Å². The molecule has 0 heterocycles. The molecule has 0 bridgehead atoms. The Hall–Kier alpha value is -2.72. The maximum Gasteiger partial charge on any atom is 0.0454 e. The summed E-state index contributed by atoms with van der Waals surface area (Å²) in [7, 11) is 0. The Bertz CT molecular complexity index is 1260. The third-order valence-electron chi connectivity index (χ3n) is 5.27. The Kier molecular flexibility index (Phi) is 7.01. The summed E-state index contributed by atoms with van der Waals surface area (Å²) >= 11 is 7.46. The maximum atomic E-state index is 3.88. The van der Waals surface area contributed by atoms with Crippen molar-refractivity contribution in [2.45, 2.75) is 19.6 Å². The molecule has 0 aliphatic rings. The van der Waals surface area contributed by atoms with Crippen LogP contribution in [0.1, 0.15) is 0 Å². The molecule has 0 nitrogen and oxygen atoms in total. The van der Waals surface area contributed by atoms with Gasteiger partial charge in [0.2, 0.25) is 0 Å². The van der Waals surface area contributed by atoms with Crippen LogP contribution in [0.2, 0.25) is 0 Å². The van der Waals surface area contributed by atoms with Crippen molar-refractivity contribution in [2.24, 2.45) is 0 Å². The van der Waals surface area contributed by atoms with Crippen LogP contribution in [0, 0.1) is 0 Å². The number of hydrogen-bond donors (Lipinski definition) is 0. The van der Waals surface area contributed by atoms with Crippen LogP contribution in [-0.4, -0.2) is 0 Å². The summed E-state index contributed by atoms with van der Waals surface area (Å²) < 4.78 is 1.13. The molecule has 0 radical (unpaired) electrons. The first-order valence-corrected chi connectivity index (χ1v) is 13.1. The zero-order valence-corrected chi connectivity index (χ0v) is 21.0. The summed E-state index contributed by atoms with van der Waals surface area (Å²) in [6, 6.07) is 45.0. The number of hydrogen-bond acceptors (Lipinski definition) is 2. The fourth-order valence-corrected chi connectivity index (χ4v) is 6.32. The fraction of sp³-hybridized carbons (Fsp3) is 0. The van der Waals surface area contributed by atoms with Crippen molar-refractivity contribution < 1.29 is 0 Å². The minimum absolute atomic E-state index is 1.13. The zero-order chi connectivity index (χ0) is 22.5. The Balaban J connectivity index is 1.38. The highest BCUT2D eigenvalue weighted by Crippen LogP contribution is 2.42. The van der Waals surface area contributed by atoms with Gasteiger partial charge in [0.15, 0.2) is 0 Å². The van der Waals surface area contributed by atoms with E-state index in [1.165, 1.54) is 41.8 Å². The van der Waals surface area contributed by atoms with E-state index in [9.17, 15) is 0 Å². The molecule has 0 aliphatic heterocycles. The molecule has 0 saturated carbocycles. The van der Waals surface area contributed by atoms with Gasteiger partial charge in [0.05, 0.1) is 0 Å². The lowest BCUT2D eigenvalue weighted by molar-refractivity contribution is 1.26. The van der Waals surface area contributed by atoms with E-state index < -0.39 is 0 Å². The Morgan fingerprint density at radius 3 is 1.24 bits per heavy atom. The van der Waals surface area contributed by atoms with Crippen molar-refractivity contribution >= 4 is 39.5 Å². The van der Waals surface area contributed by atoms with Crippen LogP contribution in [0.3, 0.4) is 0 Å². The van der Waals surface area contributed by atoms with Crippen LogP contribution >= 0.6 is 39.5 Å². The van der Waals surface area contributed by atoms with Gasteiger partial charge in [-0.05, 0) is 74.6 Å². The molecule has 3 heteroatoms. The van der Waals surface area contributed by atoms with E-state index in [1.54, 1.807) is 23.5 Å². The lowest BCUT2D eigenvalue weighted by Crippen LogP contribution is -1.83. The number of benzene rings is 5. The van der Waals surface area contributed by atoms with Crippen LogP contribution in [0.5, 0.6) is 0 Å². The Morgan fingerprint density at radius 1 is 0.394 bits per heavy atom. The number of halogens is 1. The molecule has 5 aromatic carbocycles. The standard InChI is InChI=1S/C30H21BrS2/c31-30-28(32-26-16-7-14-24(20-26)22-10-3-1-4-11-22)18-9-19-29(30)33-27-17-8-15-25(21-27)23-12-5-2-6-13-23/h1-21H. The molecule has 0 amide bonds. The summed E-state index contributed by atoms with van der Waals surface area (Å²) in [6.07, 6.45) is 0. The summed E-state index contributed by atoms with van der Waals surface area (Å²) in [4.78, 5) is 4.88. The van der Waals surface area contributed by atoms with E-state index in [1.807, 2.05) is 0 Å². The third-order valence-corrected chi connectivity index (χ3v) is 8.74. The van der Waals surface area contributed by atoms with Gasteiger partial charge >= 0.3 is 0 Å². The lowest BCUT2D eigenvalue weighted by atomic mass is 10.1. The van der Waals surface area contributed by atoms with Crippen LogP contribution in [0.4, 0.5) is 0 Å². The second kappa shape index (κ2) is 10.5. The first-order valence-electron chi connectivity index (χ1n) is 10.7. The second-order valence-corrected chi connectivity index (χ2v) is 10.6. The number of rotatable bonds is 6. The van der Waals surface area contributed by atoms with Crippen molar-refractivity contribution in [1.29, 1.82) is 0 Å². The average Bonchev–Trinajstić information content (AvgIpc) is 2.88. The topological polar surface area (TPSA) is 0 Å². The molecule has 0 aliphatic carbocycles. The normalized spacial score (nSPS) is 10.8. The molecule has 0 atom stereocenters. The molecule has 5 aromatic rings. The molecule has 160 valence electrons. The SMILES string of the molecule is Brc1c(Sc2cccc(-c3ccccc3)c2)cccc1Sc1cccc(-c2ccccc2)c1.